The van der Waals surface area contributed by atoms with Crippen molar-refractivity contribution in [1.82, 2.24) is 0 Å². The Kier molecular flexibility index (Phi) is 8.51. The Morgan fingerprint density at radius 2 is 1.35 bits per heavy atom. The summed E-state index contributed by atoms with van der Waals surface area (Å²) in [6.45, 7) is 3.78. The summed E-state index contributed by atoms with van der Waals surface area (Å²) in [6.07, 6.45) is 2.65. The van der Waals surface area contributed by atoms with E-state index in [9.17, 15) is 18.9 Å². The molecule has 0 amide bonds. The van der Waals surface area contributed by atoms with Gasteiger partial charge < -0.3 is 14.4 Å². The van der Waals surface area contributed by atoms with Crippen molar-refractivity contribution in [2.24, 2.45) is 0 Å². The SMILES string of the molecule is CCCCOP(=O)(OCCCC)OP(=O)([O-])[O-]. The smallest absolute Gasteiger partial charge is 0.478 e. The third kappa shape index (κ3) is 9.92. The van der Waals surface area contributed by atoms with Crippen LogP contribution in [0.4, 0.5) is 0 Å². The first-order valence-corrected chi connectivity index (χ1v) is 8.37. The highest BCUT2D eigenvalue weighted by Crippen LogP contribution is 2.58. The molecule has 0 bridgehead atoms. The van der Waals surface area contributed by atoms with Crippen molar-refractivity contribution in [3.8, 4) is 0 Å². The zero-order valence-corrected chi connectivity index (χ0v) is 11.8. The molecule has 0 spiro atoms. The van der Waals surface area contributed by atoms with E-state index in [1.807, 2.05) is 13.8 Å². The van der Waals surface area contributed by atoms with E-state index in [1.54, 1.807) is 0 Å². The van der Waals surface area contributed by atoms with Gasteiger partial charge in [-0.25, -0.2) is 4.57 Å². The Morgan fingerprint density at radius 3 is 1.65 bits per heavy atom. The van der Waals surface area contributed by atoms with Crippen LogP contribution in [0.3, 0.4) is 0 Å². The molecule has 0 unspecified atom stereocenters. The Balaban J connectivity index is 4.35. The fourth-order valence-electron chi connectivity index (χ4n) is 0.848. The van der Waals surface area contributed by atoms with Gasteiger partial charge in [0.05, 0.1) is 21.0 Å². The van der Waals surface area contributed by atoms with E-state index in [1.165, 1.54) is 0 Å². The van der Waals surface area contributed by atoms with Gasteiger partial charge in [0.1, 0.15) is 0 Å². The molecule has 0 saturated heterocycles. The van der Waals surface area contributed by atoms with Gasteiger partial charge in [-0.1, -0.05) is 26.7 Å². The van der Waals surface area contributed by atoms with E-state index >= 15 is 0 Å². The van der Waals surface area contributed by atoms with Crippen LogP contribution in [0.15, 0.2) is 0 Å². The van der Waals surface area contributed by atoms with E-state index < -0.39 is 15.6 Å². The van der Waals surface area contributed by atoms with Gasteiger partial charge in [0.2, 0.25) is 0 Å². The number of phosphoric acid groups is 2. The monoisotopic (exact) mass is 288 g/mol. The van der Waals surface area contributed by atoms with Crippen molar-refractivity contribution in [2.45, 2.75) is 39.5 Å². The van der Waals surface area contributed by atoms with Crippen molar-refractivity contribution in [3.05, 3.63) is 0 Å². The van der Waals surface area contributed by atoms with E-state index in [-0.39, 0.29) is 13.2 Å². The van der Waals surface area contributed by atoms with Gasteiger partial charge >= 0.3 is 7.82 Å². The number of phosphoric ester groups is 1. The van der Waals surface area contributed by atoms with Crippen molar-refractivity contribution in [3.63, 3.8) is 0 Å². The predicted molar refractivity (Wildman–Crippen MR) is 58.0 cm³/mol. The third-order valence-electron chi connectivity index (χ3n) is 1.69. The highest BCUT2D eigenvalue weighted by Gasteiger charge is 2.27. The van der Waals surface area contributed by atoms with Crippen LogP contribution in [-0.2, 0) is 22.5 Å². The molecule has 0 aromatic carbocycles. The molecule has 0 atom stereocenters. The Morgan fingerprint density at radius 1 is 0.941 bits per heavy atom. The lowest BCUT2D eigenvalue weighted by atomic mass is 10.4. The predicted octanol–water partition coefficient (Wildman–Crippen LogP) is 1.57. The Hall–Kier alpha value is 0.260. The maximum atomic E-state index is 11.7. The fourth-order valence-corrected chi connectivity index (χ4v) is 2.99. The lowest BCUT2D eigenvalue weighted by molar-refractivity contribution is -0.334. The van der Waals surface area contributed by atoms with Gasteiger partial charge in [0.25, 0.3) is 0 Å². The summed E-state index contributed by atoms with van der Waals surface area (Å²) in [6, 6.07) is 0. The Labute approximate surface area is 101 Å². The normalized spacial score (nSPS) is 12.9. The van der Waals surface area contributed by atoms with Crippen molar-refractivity contribution < 1.29 is 32.3 Å². The van der Waals surface area contributed by atoms with Crippen LogP contribution in [0.1, 0.15) is 39.5 Å². The maximum Gasteiger partial charge on any atom is 0.478 e. The fraction of sp³-hybridized carbons (Fsp3) is 1.00. The van der Waals surface area contributed by atoms with E-state index in [0.29, 0.717) is 12.8 Å². The molecule has 0 rings (SSSR count). The van der Waals surface area contributed by atoms with Gasteiger partial charge in [-0.2, -0.15) is 0 Å². The lowest BCUT2D eigenvalue weighted by Crippen LogP contribution is -2.17. The molecule has 0 radical (unpaired) electrons. The minimum Gasteiger partial charge on any atom is -0.789 e. The Bertz CT molecular complexity index is 274. The summed E-state index contributed by atoms with van der Waals surface area (Å²) in [5.41, 5.74) is 0. The van der Waals surface area contributed by atoms with Crippen LogP contribution in [0.5, 0.6) is 0 Å². The minimum atomic E-state index is -5.40. The first kappa shape index (κ1) is 17.3. The van der Waals surface area contributed by atoms with Gasteiger partial charge in [-0.3, -0.25) is 13.4 Å². The summed E-state index contributed by atoms with van der Waals surface area (Å²) in [4.78, 5) is 20.9. The second-order valence-electron chi connectivity index (χ2n) is 3.35. The number of rotatable bonds is 10. The van der Waals surface area contributed by atoms with E-state index in [2.05, 4.69) is 4.31 Å². The molecule has 0 aliphatic heterocycles. The molecule has 7 nitrogen and oxygen atoms in total. The molecule has 0 saturated carbocycles. The maximum absolute atomic E-state index is 11.7. The van der Waals surface area contributed by atoms with Crippen LogP contribution in [0.25, 0.3) is 0 Å². The molecule has 0 heterocycles. The molecule has 17 heavy (non-hydrogen) atoms. The highest BCUT2D eigenvalue weighted by molar-refractivity contribution is 7.60. The molecular formula is C8H18O7P2-2. The van der Waals surface area contributed by atoms with Gasteiger partial charge in [0, 0.05) is 0 Å². The average Bonchev–Trinajstić information content (AvgIpc) is 2.15. The molecule has 0 aromatic rings. The van der Waals surface area contributed by atoms with Crippen LogP contribution in [-0.4, -0.2) is 13.2 Å². The first-order valence-electron chi connectivity index (χ1n) is 5.45. The van der Waals surface area contributed by atoms with Gasteiger partial charge in [-0.05, 0) is 12.8 Å². The summed E-state index contributed by atoms with van der Waals surface area (Å²) in [7, 11) is -9.69. The molecule has 0 fully saturated rings. The zero-order valence-electron chi connectivity index (χ0n) is 9.99. The van der Waals surface area contributed by atoms with Gasteiger partial charge in [-0.15, -0.1) is 0 Å². The molecular weight excluding hydrogens is 270 g/mol. The molecule has 9 heteroatoms. The van der Waals surface area contributed by atoms with E-state index in [0.717, 1.165) is 12.8 Å². The zero-order chi connectivity index (χ0) is 13.4. The summed E-state index contributed by atoms with van der Waals surface area (Å²) in [5.74, 6) is 0. The van der Waals surface area contributed by atoms with Gasteiger partial charge in [0.15, 0.2) is 0 Å². The van der Waals surface area contributed by atoms with E-state index in [4.69, 9.17) is 9.05 Å². The van der Waals surface area contributed by atoms with Crippen LogP contribution >= 0.6 is 15.6 Å². The number of hydrogen-bond acceptors (Lipinski definition) is 7. The quantitative estimate of drug-likeness (QED) is 0.443. The molecule has 0 aliphatic rings. The van der Waals surface area contributed by atoms with Crippen LogP contribution in [0, 0.1) is 0 Å². The average molecular weight is 288 g/mol. The molecule has 0 aromatic heterocycles. The minimum absolute atomic E-state index is 0.0138. The molecule has 0 N–H and O–H groups in total. The lowest BCUT2D eigenvalue weighted by Gasteiger charge is -2.31. The van der Waals surface area contributed by atoms with Crippen molar-refractivity contribution in [2.75, 3.05) is 13.2 Å². The largest absolute Gasteiger partial charge is 0.789 e. The highest BCUT2D eigenvalue weighted by atomic mass is 31.3. The first-order chi connectivity index (χ1) is 7.83. The summed E-state index contributed by atoms with van der Waals surface area (Å²) >= 11 is 0. The molecule has 104 valence electrons. The van der Waals surface area contributed by atoms with Crippen LogP contribution < -0.4 is 9.79 Å². The van der Waals surface area contributed by atoms with Crippen LogP contribution in [0.2, 0.25) is 0 Å². The molecule has 0 aliphatic carbocycles. The van der Waals surface area contributed by atoms with Crippen molar-refractivity contribution in [1.29, 1.82) is 0 Å². The topological polar surface area (TPSA) is 108 Å². The summed E-state index contributed by atoms with van der Waals surface area (Å²) in [5, 5.41) is 0. The second kappa shape index (κ2) is 8.38. The number of unbranched alkanes of at least 4 members (excludes halogenated alkanes) is 2. The number of hydrogen-bond donors (Lipinski definition) is 0. The summed E-state index contributed by atoms with van der Waals surface area (Å²) < 4.78 is 35.5. The van der Waals surface area contributed by atoms with Crippen molar-refractivity contribution >= 4 is 15.6 Å². The second-order valence-corrected chi connectivity index (χ2v) is 6.31. The third-order valence-corrected chi connectivity index (χ3v) is 4.29. The standard InChI is InChI=1S/C8H20O7P2/c1-3-5-7-13-17(12,14-8-6-4-2)15-16(9,10)11/h3-8H2,1-2H3,(H2,9,10,11)/p-2.